The number of carbonyl (C=O) groups excluding carboxylic acids is 1. The van der Waals surface area contributed by atoms with Gasteiger partial charge in [0.1, 0.15) is 5.69 Å². The first-order valence-corrected chi connectivity index (χ1v) is 6.04. The molecule has 0 aliphatic heterocycles. The number of carboxylic acid groups (broad SMARTS) is 1. The number of carboxylic acids is 1. The molecule has 1 amide bonds. The lowest BCUT2D eigenvalue weighted by Gasteiger charge is -2.17. The number of hydrogen-bond acceptors (Lipinski definition) is 3. The minimum Gasteiger partial charge on any atom is -0.478 e. The Bertz CT molecular complexity index is 631. The van der Waals surface area contributed by atoms with Gasteiger partial charge in [0.15, 0.2) is 0 Å². The van der Waals surface area contributed by atoms with E-state index in [1.165, 1.54) is 16.8 Å². The van der Waals surface area contributed by atoms with Crippen LogP contribution in [0.2, 0.25) is 0 Å². The van der Waals surface area contributed by atoms with E-state index in [9.17, 15) is 9.59 Å². The smallest absolute Gasteiger partial charge is 0.335 e. The van der Waals surface area contributed by atoms with Crippen LogP contribution in [0.4, 0.5) is 0 Å². The molecule has 0 fully saturated rings. The molecule has 0 spiro atoms. The zero-order chi connectivity index (χ0) is 14.7. The van der Waals surface area contributed by atoms with Gasteiger partial charge in [-0.2, -0.15) is 5.10 Å². The second-order valence-electron chi connectivity index (χ2n) is 4.50. The molecule has 0 aliphatic carbocycles. The van der Waals surface area contributed by atoms with Crippen molar-refractivity contribution >= 4 is 11.9 Å². The van der Waals surface area contributed by atoms with Crippen molar-refractivity contribution in [3.63, 3.8) is 0 Å². The number of aromatic carboxylic acids is 1. The fourth-order valence-corrected chi connectivity index (χ4v) is 1.88. The van der Waals surface area contributed by atoms with Crippen LogP contribution in [0.5, 0.6) is 0 Å². The zero-order valence-electron chi connectivity index (χ0n) is 11.3. The summed E-state index contributed by atoms with van der Waals surface area (Å²) in [6, 6.07) is 8.12. The van der Waals surface area contributed by atoms with Gasteiger partial charge < -0.3 is 10.0 Å². The molecule has 2 aromatic rings. The fourth-order valence-electron chi connectivity index (χ4n) is 1.88. The Balaban J connectivity index is 2.08. The molecule has 1 N–H and O–H groups in total. The number of benzene rings is 1. The highest BCUT2D eigenvalue weighted by Crippen LogP contribution is 2.09. The van der Waals surface area contributed by atoms with E-state index in [-0.39, 0.29) is 11.5 Å². The van der Waals surface area contributed by atoms with Crippen molar-refractivity contribution in [2.45, 2.75) is 6.54 Å². The van der Waals surface area contributed by atoms with Crippen LogP contribution in [0.3, 0.4) is 0 Å². The highest BCUT2D eigenvalue weighted by Gasteiger charge is 2.15. The zero-order valence-corrected chi connectivity index (χ0v) is 11.3. The quantitative estimate of drug-likeness (QED) is 0.913. The normalized spacial score (nSPS) is 10.3. The standard InChI is InChI=1S/C14H15N3O3/c1-16(13(18)12-7-8-15-17(12)2)9-10-3-5-11(6-4-10)14(19)20/h3-8H,9H2,1-2H3,(H,19,20). The molecule has 1 heterocycles. The molecule has 6 nitrogen and oxygen atoms in total. The molecule has 0 atom stereocenters. The molecule has 6 heteroatoms. The maximum absolute atomic E-state index is 12.2. The van der Waals surface area contributed by atoms with Crippen molar-refractivity contribution in [1.82, 2.24) is 14.7 Å². The van der Waals surface area contributed by atoms with Gasteiger partial charge in [-0.3, -0.25) is 9.48 Å². The van der Waals surface area contributed by atoms with Crippen LogP contribution >= 0.6 is 0 Å². The van der Waals surface area contributed by atoms with E-state index in [4.69, 9.17) is 5.11 Å². The molecular formula is C14H15N3O3. The molecule has 2 rings (SSSR count). The first kappa shape index (κ1) is 13.8. The van der Waals surface area contributed by atoms with Gasteiger partial charge in [-0.05, 0) is 23.8 Å². The summed E-state index contributed by atoms with van der Waals surface area (Å²) in [6.45, 7) is 0.407. The molecule has 20 heavy (non-hydrogen) atoms. The molecule has 1 aromatic carbocycles. The van der Waals surface area contributed by atoms with Gasteiger partial charge in [0, 0.05) is 26.8 Å². The van der Waals surface area contributed by atoms with E-state index < -0.39 is 5.97 Å². The number of nitrogens with zero attached hydrogens (tertiary/aromatic N) is 3. The van der Waals surface area contributed by atoms with Crippen molar-refractivity contribution < 1.29 is 14.7 Å². The molecule has 0 aliphatic rings. The maximum Gasteiger partial charge on any atom is 0.335 e. The lowest BCUT2D eigenvalue weighted by molar-refractivity contribution is 0.0695. The minimum absolute atomic E-state index is 0.132. The third kappa shape index (κ3) is 2.85. The second kappa shape index (κ2) is 5.56. The Morgan fingerprint density at radius 2 is 1.90 bits per heavy atom. The van der Waals surface area contributed by atoms with E-state index in [2.05, 4.69) is 5.10 Å². The number of amides is 1. The number of carbonyl (C=O) groups is 2. The summed E-state index contributed by atoms with van der Waals surface area (Å²) in [5.74, 6) is -1.09. The fraction of sp³-hybridized carbons (Fsp3) is 0.214. The van der Waals surface area contributed by atoms with Crippen molar-refractivity contribution in [3.8, 4) is 0 Å². The van der Waals surface area contributed by atoms with E-state index >= 15 is 0 Å². The second-order valence-corrected chi connectivity index (χ2v) is 4.50. The average Bonchev–Trinajstić information content (AvgIpc) is 2.84. The van der Waals surface area contributed by atoms with Crippen LogP contribution in [-0.2, 0) is 13.6 Å². The molecule has 0 saturated carbocycles. The van der Waals surface area contributed by atoms with Gasteiger partial charge in [0.2, 0.25) is 0 Å². The van der Waals surface area contributed by atoms with E-state index in [1.54, 1.807) is 43.4 Å². The first-order valence-electron chi connectivity index (χ1n) is 6.04. The minimum atomic E-state index is -0.962. The Morgan fingerprint density at radius 3 is 2.40 bits per heavy atom. The highest BCUT2D eigenvalue weighted by atomic mass is 16.4. The van der Waals surface area contributed by atoms with E-state index in [0.29, 0.717) is 12.2 Å². The van der Waals surface area contributed by atoms with Gasteiger partial charge >= 0.3 is 5.97 Å². The molecule has 0 bridgehead atoms. The number of hydrogen-bond donors (Lipinski definition) is 1. The van der Waals surface area contributed by atoms with E-state index in [0.717, 1.165) is 5.56 Å². The summed E-state index contributed by atoms with van der Waals surface area (Å²) in [7, 11) is 3.41. The van der Waals surface area contributed by atoms with Crippen LogP contribution in [0.1, 0.15) is 26.4 Å². The summed E-state index contributed by atoms with van der Waals surface area (Å²) in [5, 5.41) is 12.8. The van der Waals surface area contributed by atoms with Crippen molar-refractivity contribution in [3.05, 3.63) is 53.3 Å². The summed E-state index contributed by atoms with van der Waals surface area (Å²) >= 11 is 0. The van der Waals surface area contributed by atoms with Gasteiger partial charge in [0.05, 0.1) is 5.56 Å². The van der Waals surface area contributed by atoms with Crippen molar-refractivity contribution in [1.29, 1.82) is 0 Å². The van der Waals surface area contributed by atoms with Crippen molar-refractivity contribution in [2.75, 3.05) is 7.05 Å². The molecule has 104 valence electrons. The molecule has 0 unspecified atom stereocenters. The number of aromatic nitrogens is 2. The topological polar surface area (TPSA) is 75.4 Å². The molecular weight excluding hydrogens is 258 g/mol. The predicted molar refractivity (Wildman–Crippen MR) is 72.4 cm³/mol. The largest absolute Gasteiger partial charge is 0.478 e. The van der Waals surface area contributed by atoms with Gasteiger partial charge in [-0.15, -0.1) is 0 Å². The summed E-state index contributed by atoms with van der Waals surface area (Å²) in [6.07, 6.45) is 1.57. The lowest BCUT2D eigenvalue weighted by Crippen LogP contribution is -2.28. The maximum atomic E-state index is 12.2. The van der Waals surface area contributed by atoms with Crippen molar-refractivity contribution in [2.24, 2.45) is 7.05 Å². The monoisotopic (exact) mass is 273 g/mol. The highest BCUT2D eigenvalue weighted by molar-refractivity contribution is 5.92. The number of rotatable bonds is 4. The Kier molecular flexibility index (Phi) is 3.84. The summed E-state index contributed by atoms with van der Waals surface area (Å²) in [5.41, 5.74) is 1.61. The third-order valence-electron chi connectivity index (χ3n) is 3.01. The van der Waals surface area contributed by atoms with Crippen LogP contribution in [-0.4, -0.2) is 38.7 Å². The summed E-state index contributed by atoms with van der Waals surface area (Å²) in [4.78, 5) is 24.5. The predicted octanol–water partition coefficient (Wildman–Crippen LogP) is 1.39. The number of aryl methyl sites for hydroxylation is 1. The van der Waals surface area contributed by atoms with Crippen LogP contribution in [0.25, 0.3) is 0 Å². The van der Waals surface area contributed by atoms with Crippen LogP contribution in [0, 0.1) is 0 Å². The van der Waals surface area contributed by atoms with Gasteiger partial charge in [-0.25, -0.2) is 4.79 Å². The van der Waals surface area contributed by atoms with Crippen LogP contribution in [0.15, 0.2) is 36.5 Å². The third-order valence-corrected chi connectivity index (χ3v) is 3.01. The molecule has 1 aromatic heterocycles. The van der Waals surface area contributed by atoms with Crippen LogP contribution < -0.4 is 0 Å². The summed E-state index contributed by atoms with van der Waals surface area (Å²) < 4.78 is 1.52. The Morgan fingerprint density at radius 1 is 1.25 bits per heavy atom. The van der Waals surface area contributed by atoms with Gasteiger partial charge in [-0.1, -0.05) is 12.1 Å². The van der Waals surface area contributed by atoms with E-state index in [1.807, 2.05) is 0 Å². The lowest BCUT2D eigenvalue weighted by atomic mass is 10.1. The first-order chi connectivity index (χ1) is 9.49. The molecule has 0 saturated heterocycles. The average molecular weight is 273 g/mol. The Labute approximate surface area is 116 Å². The van der Waals surface area contributed by atoms with Gasteiger partial charge in [0.25, 0.3) is 5.91 Å². The Hall–Kier alpha value is -2.63. The molecule has 0 radical (unpaired) electrons. The SMILES string of the molecule is CN(Cc1ccc(C(=O)O)cc1)C(=O)c1ccnn1C.